The van der Waals surface area contributed by atoms with Gasteiger partial charge in [0.1, 0.15) is 18.8 Å². The minimum absolute atomic E-state index is 0.0597. The molecule has 0 radical (unpaired) electrons. The third-order valence-corrected chi connectivity index (χ3v) is 2.04. The zero-order valence-corrected chi connectivity index (χ0v) is 9.58. The molecule has 0 saturated carbocycles. The summed E-state index contributed by atoms with van der Waals surface area (Å²) >= 11 is 0. The van der Waals surface area contributed by atoms with Crippen LogP contribution in [-0.4, -0.2) is 36.9 Å². The van der Waals surface area contributed by atoms with Gasteiger partial charge in [0.2, 0.25) is 0 Å². The lowest BCUT2D eigenvalue weighted by Gasteiger charge is -2.28. The van der Waals surface area contributed by atoms with E-state index in [1.54, 1.807) is 6.08 Å². The number of hydrogen-bond acceptors (Lipinski definition) is 6. The first-order chi connectivity index (χ1) is 8.02. The van der Waals surface area contributed by atoms with Crippen molar-refractivity contribution in [1.82, 2.24) is 0 Å². The average molecular weight is 239 g/mol. The van der Waals surface area contributed by atoms with Crippen LogP contribution in [-0.2, 0) is 23.8 Å². The summed E-state index contributed by atoms with van der Waals surface area (Å²) in [5.74, 6) is -0.926. The quantitative estimate of drug-likeness (QED) is 0.521. The van der Waals surface area contributed by atoms with Gasteiger partial charge in [0.25, 0.3) is 0 Å². The van der Waals surface area contributed by atoms with Crippen molar-refractivity contribution in [2.45, 2.75) is 32.2 Å². The van der Waals surface area contributed by atoms with E-state index in [4.69, 9.17) is 19.5 Å². The van der Waals surface area contributed by atoms with Crippen molar-refractivity contribution in [2.24, 2.45) is 0 Å². The van der Waals surface area contributed by atoms with E-state index in [2.05, 4.69) is 0 Å². The third-order valence-electron chi connectivity index (χ3n) is 2.04. The van der Waals surface area contributed by atoms with Gasteiger partial charge in [0, 0.05) is 13.8 Å². The smallest absolute Gasteiger partial charge is 0.303 e. The fourth-order valence-electron chi connectivity index (χ4n) is 1.36. The molecule has 0 saturated heterocycles. The van der Waals surface area contributed by atoms with E-state index in [-0.39, 0.29) is 6.61 Å². The van der Waals surface area contributed by atoms with Crippen LogP contribution < -0.4 is 0 Å². The van der Waals surface area contributed by atoms with Crippen LogP contribution in [0.5, 0.6) is 0 Å². The minimum atomic E-state index is -0.720. The second-order valence-electron chi connectivity index (χ2n) is 3.49. The zero-order chi connectivity index (χ0) is 12.8. The summed E-state index contributed by atoms with van der Waals surface area (Å²) < 4.78 is 15.1. The molecule has 0 aromatic heterocycles. The predicted octanol–water partition coefficient (Wildman–Crippen LogP) is 0.328. The van der Waals surface area contributed by atoms with E-state index < -0.39 is 30.3 Å². The van der Waals surface area contributed by atoms with Gasteiger partial charge in [-0.2, -0.15) is 5.26 Å². The SMILES string of the molecule is CC(=O)OC[C@H]1O[C@@H](C#N)C=C[C@H]1OC(C)=O. The number of ether oxygens (including phenoxy) is 3. The Hall–Kier alpha value is -1.87. The van der Waals surface area contributed by atoms with Crippen molar-refractivity contribution < 1.29 is 23.8 Å². The molecule has 1 rings (SSSR count). The van der Waals surface area contributed by atoms with E-state index in [9.17, 15) is 9.59 Å². The highest BCUT2D eigenvalue weighted by atomic mass is 16.6. The van der Waals surface area contributed by atoms with E-state index >= 15 is 0 Å². The molecule has 0 spiro atoms. The molecule has 0 unspecified atom stereocenters. The number of nitriles is 1. The Morgan fingerprint density at radius 3 is 2.59 bits per heavy atom. The topological polar surface area (TPSA) is 85.6 Å². The van der Waals surface area contributed by atoms with Gasteiger partial charge in [-0.15, -0.1) is 0 Å². The monoisotopic (exact) mass is 239 g/mol. The van der Waals surface area contributed by atoms with Crippen LogP contribution in [0.4, 0.5) is 0 Å². The van der Waals surface area contributed by atoms with Crippen molar-refractivity contribution in [1.29, 1.82) is 5.26 Å². The molecule has 92 valence electrons. The molecular weight excluding hydrogens is 226 g/mol. The Morgan fingerprint density at radius 2 is 2.06 bits per heavy atom. The van der Waals surface area contributed by atoms with Gasteiger partial charge in [-0.25, -0.2) is 0 Å². The lowest BCUT2D eigenvalue weighted by molar-refractivity contribution is -0.161. The molecule has 6 nitrogen and oxygen atoms in total. The first kappa shape index (κ1) is 13.2. The molecule has 6 heteroatoms. The summed E-state index contributed by atoms with van der Waals surface area (Å²) in [7, 11) is 0. The van der Waals surface area contributed by atoms with Crippen LogP contribution in [0.3, 0.4) is 0 Å². The first-order valence-corrected chi connectivity index (χ1v) is 5.07. The lowest BCUT2D eigenvalue weighted by atomic mass is 10.1. The molecule has 1 aliphatic rings. The Labute approximate surface area is 98.7 Å². The lowest BCUT2D eigenvalue weighted by Crippen LogP contribution is -2.41. The molecule has 0 bridgehead atoms. The van der Waals surface area contributed by atoms with Gasteiger partial charge in [0.05, 0.1) is 6.07 Å². The standard InChI is InChI=1S/C11H13NO5/c1-7(13)15-6-11-10(16-8(2)14)4-3-9(5-12)17-11/h3-4,9-11H,6H2,1-2H3/t9-,10-,11-/m1/s1. The van der Waals surface area contributed by atoms with Crippen molar-refractivity contribution in [3.63, 3.8) is 0 Å². The molecule has 0 fully saturated rings. The Bertz CT molecular complexity index is 371. The van der Waals surface area contributed by atoms with Crippen LogP contribution in [0.2, 0.25) is 0 Å². The van der Waals surface area contributed by atoms with Crippen LogP contribution in [0.25, 0.3) is 0 Å². The molecule has 0 aromatic rings. The zero-order valence-electron chi connectivity index (χ0n) is 9.58. The number of rotatable bonds is 3. The highest BCUT2D eigenvalue weighted by Gasteiger charge is 2.30. The maximum Gasteiger partial charge on any atom is 0.303 e. The highest BCUT2D eigenvalue weighted by molar-refractivity contribution is 5.66. The van der Waals surface area contributed by atoms with Gasteiger partial charge in [-0.3, -0.25) is 9.59 Å². The molecule has 3 atom stereocenters. The second kappa shape index (κ2) is 6.01. The second-order valence-corrected chi connectivity index (χ2v) is 3.49. The third kappa shape index (κ3) is 4.25. The number of carbonyl (C=O) groups is 2. The van der Waals surface area contributed by atoms with Crippen LogP contribution in [0.15, 0.2) is 12.2 Å². The molecule has 0 amide bonds. The van der Waals surface area contributed by atoms with Crippen molar-refractivity contribution in [3.8, 4) is 6.07 Å². The first-order valence-electron chi connectivity index (χ1n) is 5.07. The number of esters is 2. The van der Waals surface area contributed by atoms with Crippen LogP contribution >= 0.6 is 0 Å². The van der Waals surface area contributed by atoms with Gasteiger partial charge in [-0.05, 0) is 12.2 Å². The van der Waals surface area contributed by atoms with Crippen LogP contribution in [0.1, 0.15) is 13.8 Å². The van der Waals surface area contributed by atoms with Crippen molar-refractivity contribution >= 4 is 11.9 Å². The summed E-state index contributed by atoms with van der Waals surface area (Å²) in [5, 5.41) is 8.71. The number of nitrogens with zero attached hydrogens (tertiary/aromatic N) is 1. The van der Waals surface area contributed by atoms with Gasteiger partial charge in [-0.1, -0.05) is 0 Å². The van der Waals surface area contributed by atoms with Crippen LogP contribution in [0, 0.1) is 11.3 Å². The Morgan fingerprint density at radius 1 is 1.35 bits per heavy atom. The Balaban J connectivity index is 2.66. The van der Waals surface area contributed by atoms with Gasteiger partial charge in [0.15, 0.2) is 6.10 Å². The fraction of sp³-hybridized carbons (Fsp3) is 0.545. The maximum absolute atomic E-state index is 10.9. The molecule has 0 aromatic carbocycles. The summed E-state index contributed by atoms with van der Waals surface area (Å²) in [6.45, 7) is 2.48. The fourth-order valence-corrected chi connectivity index (χ4v) is 1.36. The van der Waals surface area contributed by atoms with Gasteiger partial charge < -0.3 is 14.2 Å². The highest BCUT2D eigenvalue weighted by Crippen LogP contribution is 2.16. The van der Waals surface area contributed by atoms with E-state index in [1.807, 2.05) is 6.07 Å². The Kier molecular flexibility index (Phi) is 4.67. The summed E-state index contributed by atoms with van der Waals surface area (Å²) in [4.78, 5) is 21.6. The summed E-state index contributed by atoms with van der Waals surface area (Å²) in [5.41, 5.74) is 0. The molecule has 1 heterocycles. The summed E-state index contributed by atoms with van der Waals surface area (Å²) in [6.07, 6.45) is 1.04. The van der Waals surface area contributed by atoms with Crippen molar-refractivity contribution in [3.05, 3.63) is 12.2 Å². The molecule has 0 N–H and O–H groups in total. The molecule has 1 aliphatic heterocycles. The van der Waals surface area contributed by atoms with Gasteiger partial charge >= 0.3 is 11.9 Å². The van der Waals surface area contributed by atoms with E-state index in [1.165, 1.54) is 19.9 Å². The molecular formula is C11H13NO5. The van der Waals surface area contributed by atoms with Crippen molar-refractivity contribution in [2.75, 3.05) is 6.61 Å². The molecule has 17 heavy (non-hydrogen) atoms. The van der Waals surface area contributed by atoms with E-state index in [0.717, 1.165) is 0 Å². The average Bonchev–Trinajstić information content (AvgIpc) is 2.27. The molecule has 0 aliphatic carbocycles. The maximum atomic E-state index is 10.9. The summed E-state index contributed by atoms with van der Waals surface area (Å²) in [6, 6.07) is 1.91. The number of carbonyl (C=O) groups excluding carboxylic acids is 2. The predicted molar refractivity (Wildman–Crippen MR) is 55.6 cm³/mol. The minimum Gasteiger partial charge on any atom is -0.463 e. The number of hydrogen-bond donors (Lipinski definition) is 0. The largest absolute Gasteiger partial charge is 0.463 e. The normalized spacial score (nSPS) is 27.0. The van der Waals surface area contributed by atoms with E-state index in [0.29, 0.717) is 0 Å².